The average molecular weight is 378 g/mol. The molecule has 1 aliphatic carbocycles. The van der Waals surface area contributed by atoms with Gasteiger partial charge < -0.3 is 9.32 Å². The number of ketones is 2. The van der Waals surface area contributed by atoms with Crippen LogP contribution in [0.25, 0.3) is 0 Å². The van der Waals surface area contributed by atoms with E-state index < -0.39 is 11.6 Å². The van der Waals surface area contributed by atoms with Gasteiger partial charge >= 0.3 is 0 Å². The van der Waals surface area contributed by atoms with Gasteiger partial charge in [0.05, 0.1) is 25.1 Å². The van der Waals surface area contributed by atoms with E-state index in [-0.39, 0.29) is 52.3 Å². The molecule has 6 nitrogen and oxygen atoms in total. The monoisotopic (exact) mass is 377 g/mol. The number of halogens is 2. The van der Waals surface area contributed by atoms with Gasteiger partial charge in [0.25, 0.3) is 0 Å². The van der Waals surface area contributed by atoms with Gasteiger partial charge in [0, 0.05) is 17.1 Å². The summed E-state index contributed by atoms with van der Waals surface area (Å²) in [6.45, 7) is 1.06. The highest BCUT2D eigenvalue weighted by Crippen LogP contribution is 2.26. The Bertz CT molecular complexity index is 885. The molecular formula is C18H17ClFN3O3. The molecule has 0 bridgehead atoms. The Morgan fingerprint density at radius 1 is 1.35 bits per heavy atom. The predicted molar refractivity (Wildman–Crippen MR) is 94.9 cm³/mol. The fraction of sp³-hybridized carbons (Fsp3) is 0.333. The van der Waals surface area contributed by atoms with Crippen LogP contribution in [0.4, 0.5) is 4.39 Å². The molecule has 2 aromatic rings. The number of aromatic nitrogens is 1. The van der Waals surface area contributed by atoms with Gasteiger partial charge in [0.1, 0.15) is 5.82 Å². The number of aliphatic imine (C=N–C) groups is 1. The number of rotatable bonds is 5. The highest BCUT2D eigenvalue weighted by molar-refractivity contribution is 6.51. The van der Waals surface area contributed by atoms with Crippen molar-refractivity contribution in [1.29, 1.82) is 0 Å². The first-order valence-electron chi connectivity index (χ1n) is 8.05. The van der Waals surface area contributed by atoms with Crippen molar-refractivity contribution < 1.29 is 18.4 Å². The largest absolute Gasteiger partial charge is 0.436 e. The number of benzene rings is 1. The molecule has 0 atom stereocenters. The molecule has 0 N–H and O–H groups in total. The molecular weight excluding hydrogens is 361 g/mol. The Morgan fingerprint density at radius 3 is 2.81 bits per heavy atom. The van der Waals surface area contributed by atoms with Crippen LogP contribution in [-0.2, 0) is 6.42 Å². The highest BCUT2D eigenvalue weighted by atomic mass is 35.5. The van der Waals surface area contributed by atoms with Gasteiger partial charge in [-0.15, -0.1) is 0 Å². The van der Waals surface area contributed by atoms with Crippen LogP contribution in [0.3, 0.4) is 0 Å². The minimum absolute atomic E-state index is 0.0241. The molecule has 1 aromatic carbocycles. The third-order valence-corrected chi connectivity index (χ3v) is 4.33. The number of fused-ring (bicyclic) bond motifs is 1. The fourth-order valence-electron chi connectivity index (χ4n) is 2.60. The molecule has 8 heteroatoms. The second-order valence-corrected chi connectivity index (χ2v) is 6.63. The Balaban J connectivity index is 1.87. The minimum atomic E-state index is -0.503. The van der Waals surface area contributed by atoms with Crippen molar-refractivity contribution >= 4 is 28.9 Å². The number of likely N-dealkylation sites (N-methyl/N-ethyl adjacent to an activating group) is 1. The summed E-state index contributed by atoms with van der Waals surface area (Å²) in [6, 6.07) is 4.32. The van der Waals surface area contributed by atoms with Crippen molar-refractivity contribution in [3.8, 4) is 0 Å². The van der Waals surface area contributed by atoms with E-state index >= 15 is 0 Å². The molecule has 0 unspecified atom stereocenters. The molecule has 1 heterocycles. The molecule has 26 heavy (non-hydrogen) atoms. The number of hydrogen-bond acceptors (Lipinski definition) is 6. The van der Waals surface area contributed by atoms with E-state index in [0.717, 1.165) is 0 Å². The zero-order chi connectivity index (χ0) is 18.8. The standard InChI is InChI=1S/C18H17ClFN3O3/c1-23(2)7-6-21-13-9-14(24)16-18(17(13)25)26-15(22-16)8-10-11(19)4-3-5-12(10)20/h3-5H,6-9H2,1-2H3. The molecule has 1 aliphatic rings. The zero-order valence-electron chi connectivity index (χ0n) is 14.4. The van der Waals surface area contributed by atoms with Gasteiger partial charge in [-0.2, -0.15) is 0 Å². The Morgan fingerprint density at radius 2 is 2.12 bits per heavy atom. The Kier molecular flexibility index (Phi) is 5.29. The van der Waals surface area contributed by atoms with Crippen LogP contribution < -0.4 is 0 Å². The summed E-state index contributed by atoms with van der Waals surface area (Å²) < 4.78 is 19.4. The molecule has 1 aromatic heterocycles. The normalized spacial score (nSPS) is 15.8. The summed E-state index contributed by atoms with van der Waals surface area (Å²) in [5.74, 6) is -1.35. The predicted octanol–water partition coefficient (Wildman–Crippen LogP) is 2.83. The smallest absolute Gasteiger partial charge is 0.244 e. The van der Waals surface area contributed by atoms with Crippen LogP contribution >= 0.6 is 11.6 Å². The van der Waals surface area contributed by atoms with Crippen molar-refractivity contribution in [2.75, 3.05) is 27.2 Å². The van der Waals surface area contributed by atoms with Crippen LogP contribution in [0, 0.1) is 5.82 Å². The number of carbonyl (C=O) groups excluding carboxylic acids is 2. The third-order valence-electron chi connectivity index (χ3n) is 3.97. The summed E-state index contributed by atoms with van der Waals surface area (Å²) in [6.07, 6.45) is -0.155. The molecule has 0 aliphatic heterocycles. The molecule has 136 valence electrons. The second kappa shape index (κ2) is 7.47. The summed E-state index contributed by atoms with van der Waals surface area (Å²) in [5, 5.41) is 0.227. The van der Waals surface area contributed by atoms with E-state index in [1.54, 1.807) is 6.07 Å². The topological polar surface area (TPSA) is 75.8 Å². The van der Waals surface area contributed by atoms with E-state index in [4.69, 9.17) is 16.0 Å². The lowest BCUT2D eigenvalue weighted by atomic mass is 9.97. The van der Waals surface area contributed by atoms with Crippen molar-refractivity contribution in [1.82, 2.24) is 9.88 Å². The lowest BCUT2D eigenvalue weighted by molar-refractivity contribution is 0.0949. The molecule has 3 rings (SSSR count). The van der Waals surface area contributed by atoms with E-state index in [1.807, 2.05) is 19.0 Å². The molecule has 0 fully saturated rings. The van der Waals surface area contributed by atoms with Gasteiger partial charge in [0.2, 0.25) is 11.5 Å². The minimum Gasteiger partial charge on any atom is -0.436 e. The van der Waals surface area contributed by atoms with E-state index in [9.17, 15) is 14.0 Å². The maximum atomic E-state index is 13.9. The van der Waals surface area contributed by atoms with Crippen molar-refractivity contribution in [3.05, 3.63) is 51.9 Å². The van der Waals surface area contributed by atoms with Gasteiger partial charge in [-0.3, -0.25) is 14.6 Å². The second-order valence-electron chi connectivity index (χ2n) is 6.22. The number of carbonyl (C=O) groups is 2. The number of nitrogens with zero attached hydrogens (tertiary/aromatic N) is 3. The highest BCUT2D eigenvalue weighted by Gasteiger charge is 2.35. The third kappa shape index (κ3) is 3.73. The van der Waals surface area contributed by atoms with Crippen molar-refractivity contribution in [2.45, 2.75) is 12.8 Å². The van der Waals surface area contributed by atoms with Crippen molar-refractivity contribution in [2.24, 2.45) is 4.99 Å². The first-order chi connectivity index (χ1) is 12.4. The molecule has 0 spiro atoms. The maximum absolute atomic E-state index is 13.9. The number of oxazole rings is 1. The molecule has 0 saturated carbocycles. The molecule has 0 amide bonds. The summed E-state index contributed by atoms with van der Waals surface area (Å²) in [7, 11) is 3.78. The van der Waals surface area contributed by atoms with Gasteiger partial charge in [-0.25, -0.2) is 9.37 Å². The first kappa shape index (κ1) is 18.4. The Hall–Kier alpha value is -2.38. The van der Waals surface area contributed by atoms with Gasteiger partial charge in [0.15, 0.2) is 17.4 Å². The van der Waals surface area contributed by atoms with Crippen molar-refractivity contribution in [3.63, 3.8) is 0 Å². The Labute approximate surface area is 154 Å². The summed E-state index contributed by atoms with van der Waals surface area (Å²) >= 11 is 6.00. The zero-order valence-corrected chi connectivity index (χ0v) is 15.1. The van der Waals surface area contributed by atoms with Crippen LogP contribution in [-0.4, -0.2) is 54.3 Å². The van der Waals surface area contributed by atoms with E-state index in [2.05, 4.69) is 9.98 Å². The first-order valence-corrected chi connectivity index (χ1v) is 8.43. The average Bonchev–Trinajstić information content (AvgIpc) is 3.00. The molecule has 0 radical (unpaired) electrons. The van der Waals surface area contributed by atoms with Crippen LogP contribution in [0.5, 0.6) is 0 Å². The number of hydrogen-bond donors (Lipinski definition) is 0. The van der Waals surface area contributed by atoms with Gasteiger partial charge in [-0.05, 0) is 26.2 Å². The lowest BCUT2D eigenvalue weighted by Gasteiger charge is -2.11. The van der Waals surface area contributed by atoms with Crippen LogP contribution in [0.1, 0.15) is 38.9 Å². The van der Waals surface area contributed by atoms with Crippen LogP contribution in [0.15, 0.2) is 27.6 Å². The summed E-state index contributed by atoms with van der Waals surface area (Å²) in [5.41, 5.74) is 0.340. The lowest BCUT2D eigenvalue weighted by Crippen LogP contribution is -2.27. The van der Waals surface area contributed by atoms with Crippen LogP contribution in [0.2, 0.25) is 5.02 Å². The fourth-order valence-corrected chi connectivity index (χ4v) is 2.82. The van der Waals surface area contributed by atoms with E-state index in [0.29, 0.717) is 13.1 Å². The maximum Gasteiger partial charge on any atom is 0.244 e. The quantitative estimate of drug-likeness (QED) is 0.800. The van der Waals surface area contributed by atoms with Gasteiger partial charge in [-0.1, -0.05) is 17.7 Å². The molecule has 0 saturated heterocycles. The number of Topliss-reactive ketones (excluding diaryl/α,β-unsaturated/α-hetero) is 2. The summed E-state index contributed by atoms with van der Waals surface area (Å²) in [4.78, 5) is 35.0. The van der Waals surface area contributed by atoms with E-state index in [1.165, 1.54) is 12.1 Å². The SMILES string of the molecule is CN(C)CCN=C1CC(=O)c2nc(Cc3c(F)cccc3Cl)oc2C1=O.